The van der Waals surface area contributed by atoms with Crippen LogP contribution in [0, 0.1) is 0 Å². The van der Waals surface area contributed by atoms with Crippen LogP contribution in [0.3, 0.4) is 0 Å². The minimum Gasteiger partial charge on any atom is -0.383 e. The van der Waals surface area contributed by atoms with Gasteiger partial charge in [0.25, 0.3) is 0 Å². The van der Waals surface area contributed by atoms with E-state index >= 15 is 0 Å². The first-order chi connectivity index (χ1) is 10.2. The quantitative estimate of drug-likeness (QED) is 0.832. The first-order valence-electron chi connectivity index (χ1n) is 7.47. The van der Waals surface area contributed by atoms with Crippen LogP contribution in [-0.4, -0.2) is 24.2 Å². The maximum atomic E-state index is 12.8. The maximum absolute atomic E-state index is 12.8. The molecule has 0 aromatic heterocycles. The third kappa shape index (κ3) is 4.64. The number of alkyl halides is 3. The highest BCUT2D eigenvalue weighted by Crippen LogP contribution is 2.27. The molecular weight excluding hydrogens is 293 g/mol. The molecule has 0 bridgehead atoms. The fourth-order valence-corrected chi connectivity index (χ4v) is 2.00. The van der Waals surface area contributed by atoms with E-state index in [1.165, 1.54) is 0 Å². The standard InChI is InChI=1S/C16H23F3N2O/c1-5-11(3)20-13-7-9-14(10-8-13)21(12(4)6-2)15(22)16(17,18)19/h7-12,20H,5-6H2,1-4H3/t11-,12-/m1/s1. The Kier molecular flexibility index (Phi) is 6.26. The lowest BCUT2D eigenvalue weighted by Crippen LogP contribution is -2.46. The van der Waals surface area contributed by atoms with Gasteiger partial charge in [-0.05, 0) is 51.0 Å². The first-order valence-corrected chi connectivity index (χ1v) is 7.47. The van der Waals surface area contributed by atoms with Crippen LogP contribution in [-0.2, 0) is 4.79 Å². The number of benzene rings is 1. The second-order valence-corrected chi connectivity index (χ2v) is 5.43. The predicted molar refractivity (Wildman–Crippen MR) is 83.1 cm³/mol. The van der Waals surface area contributed by atoms with Crippen LogP contribution < -0.4 is 10.2 Å². The smallest absolute Gasteiger partial charge is 0.383 e. The van der Waals surface area contributed by atoms with Gasteiger partial charge in [-0.2, -0.15) is 13.2 Å². The highest BCUT2D eigenvalue weighted by Gasteiger charge is 2.44. The largest absolute Gasteiger partial charge is 0.471 e. The molecule has 1 N–H and O–H groups in total. The van der Waals surface area contributed by atoms with Crippen molar-refractivity contribution in [3.05, 3.63) is 24.3 Å². The number of hydrogen-bond donors (Lipinski definition) is 1. The van der Waals surface area contributed by atoms with E-state index in [1.807, 2.05) is 13.8 Å². The molecule has 1 aromatic carbocycles. The number of nitrogens with zero attached hydrogens (tertiary/aromatic N) is 1. The molecule has 0 saturated heterocycles. The molecule has 0 radical (unpaired) electrons. The molecule has 0 spiro atoms. The Bertz CT molecular complexity index is 485. The Hall–Kier alpha value is -1.72. The van der Waals surface area contributed by atoms with E-state index in [-0.39, 0.29) is 11.7 Å². The molecule has 0 unspecified atom stereocenters. The van der Waals surface area contributed by atoms with Crippen molar-refractivity contribution in [1.29, 1.82) is 0 Å². The molecule has 0 saturated carbocycles. The van der Waals surface area contributed by atoms with Crippen LogP contribution in [0.4, 0.5) is 24.5 Å². The molecule has 124 valence electrons. The van der Waals surface area contributed by atoms with Crippen molar-refractivity contribution >= 4 is 17.3 Å². The van der Waals surface area contributed by atoms with E-state index in [1.54, 1.807) is 38.1 Å². The van der Waals surface area contributed by atoms with Crippen LogP contribution in [0.2, 0.25) is 0 Å². The van der Waals surface area contributed by atoms with Crippen LogP contribution in [0.15, 0.2) is 24.3 Å². The molecule has 2 atom stereocenters. The van der Waals surface area contributed by atoms with Gasteiger partial charge in [-0.15, -0.1) is 0 Å². The van der Waals surface area contributed by atoms with Gasteiger partial charge < -0.3 is 10.2 Å². The number of carbonyl (C=O) groups is 1. The molecule has 6 heteroatoms. The van der Waals surface area contributed by atoms with E-state index in [4.69, 9.17) is 0 Å². The Morgan fingerprint density at radius 1 is 1.14 bits per heavy atom. The minimum atomic E-state index is -4.88. The van der Waals surface area contributed by atoms with Crippen LogP contribution in [0.5, 0.6) is 0 Å². The minimum absolute atomic E-state index is 0.256. The first kappa shape index (κ1) is 18.3. The van der Waals surface area contributed by atoms with Gasteiger partial charge in [0, 0.05) is 23.5 Å². The Morgan fingerprint density at radius 3 is 2.09 bits per heavy atom. The van der Waals surface area contributed by atoms with Gasteiger partial charge in [-0.3, -0.25) is 4.79 Å². The second-order valence-electron chi connectivity index (χ2n) is 5.43. The maximum Gasteiger partial charge on any atom is 0.471 e. The summed E-state index contributed by atoms with van der Waals surface area (Å²) < 4.78 is 38.3. The van der Waals surface area contributed by atoms with Gasteiger partial charge in [0.1, 0.15) is 0 Å². The monoisotopic (exact) mass is 316 g/mol. The summed E-state index contributed by atoms with van der Waals surface area (Å²) in [5.74, 6) is -1.83. The number of carbonyl (C=O) groups excluding carboxylic acids is 1. The SMILES string of the molecule is CC[C@@H](C)Nc1ccc(N(C(=O)C(F)(F)F)[C@H](C)CC)cc1. The lowest BCUT2D eigenvalue weighted by molar-refractivity contribution is -0.170. The Balaban J connectivity index is 3.03. The average molecular weight is 316 g/mol. The molecule has 1 amide bonds. The number of rotatable bonds is 6. The summed E-state index contributed by atoms with van der Waals surface area (Å²) in [6.45, 7) is 7.42. The van der Waals surface area contributed by atoms with E-state index in [0.717, 1.165) is 17.0 Å². The lowest BCUT2D eigenvalue weighted by Gasteiger charge is -2.29. The van der Waals surface area contributed by atoms with E-state index < -0.39 is 18.1 Å². The predicted octanol–water partition coefficient (Wildman–Crippen LogP) is 4.59. The zero-order valence-electron chi connectivity index (χ0n) is 13.4. The molecule has 1 rings (SSSR count). The van der Waals surface area contributed by atoms with Crippen molar-refractivity contribution in [2.45, 2.75) is 58.8 Å². The zero-order valence-corrected chi connectivity index (χ0v) is 13.4. The van der Waals surface area contributed by atoms with Crippen LogP contribution >= 0.6 is 0 Å². The molecule has 0 aliphatic carbocycles. The summed E-state index contributed by atoms with van der Waals surface area (Å²) in [4.78, 5) is 12.5. The second kappa shape index (κ2) is 7.51. The van der Waals surface area contributed by atoms with Gasteiger partial charge in [0.2, 0.25) is 0 Å². The third-order valence-electron chi connectivity index (χ3n) is 3.66. The summed E-state index contributed by atoms with van der Waals surface area (Å²) in [6.07, 6.45) is -3.50. The van der Waals surface area contributed by atoms with Crippen molar-refractivity contribution in [2.24, 2.45) is 0 Å². The van der Waals surface area contributed by atoms with Crippen molar-refractivity contribution in [3.63, 3.8) is 0 Å². The number of anilines is 2. The summed E-state index contributed by atoms with van der Waals surface area (Å²) in [6, 6.07) is 6.22. The van der Waals surface area contributed by atoms with Gasteiger partial charge in [0.05, 0.1) is 0 Å². The van der Waals surface area contributed by atoms with Crippen molar-refractivity contribution in [2.75, 3.05) is 10.2 Å². The van der Waals surface area contributed by atoms with Crippen molar-refractivity contribution in [3.8, 4) is 0 Å². The Labute approximate surface area is 129 Å². The summed E-state index contributed by atoms with van der Waals surface area (Å²) in [5.41, 5.74) is 1.08. The summed E-state index contributed by atoms with van der Waals surface area (Å²) in [5, 5.41) is 3.23. The highest BCUT2D eigenvalue weighted by molar-refractivity contribution is 5.97. The van der Waals surface area contributed by atoms with Gasteiger partial charge >= 0.3 is 12.1 Å². The molecule has 1 aromatic rings. The van der Waals surface area contributed by atoms with Crippen molar-refractivity contribution < 1.29 is 18.0 Å². The number of halogens is 3. The lowest BCUT2D eigenvalue weighted by atomic mass is 10.1. The average Bonchev–Trinajstić information content (AvgIpc) is 2.47. The van der Waals surface area contributed by atoms with E-state index in [0.29, 0.717) is 6.42 Å². The molecule has 22 heavy (non-hydrogen) atoms. The number of nitrogens with one attached hydrogen (secondary N) is 1. The van der Waals surface area contributed by atoms with E-state index in [2.05, 4.69) is 5.32 Å². The molecule has 0 aliphatic rings. The number of amides is 1. The fourth-order valence-electron chi connectivity index (χ4n) is 2.00. The highest BCUT2D eigenvalue weighted by atomic mass is 19.4. The topological polar surface area (TPSA) is 32.3 Å². The third-order valence-corrected chi connectivity index (χ3v) is 3.66. The fraction of sp³-hybridized carbons (Fsp3) is 0.562. The van der Waals surface area contributed by atoms with Crippen LogP contribution in [0.1, 0.15) is 40.5 Å². The zero-order chi connectivity index (χ0) is 16.9. The molecular formula is C16H23F3N2O. The Morgan fingerprint density at radius 2 is 1.68 bits per heavy atom. The van der Waals surface area contributed by atoms with Gasteiger partial charge in [-0.1, -0.05) is 13.8 Å². The number of hydrogen-bond acceptors (Lipinski definition) is 2. The normalized spacial score (nSPS) is 14.3. The molecule has 0 aliphatic heterocycles. The molecule has 0 heterocycles. The molecule has 3 nitrogen and oxygen atoms in total. The van der Waals surface area contributed by atoms with Crippen molar-refractivity contribution in [1.82, 2.24) is 0 Å². The summed E-state index contributed by atoms with van der Waals surface area (Å²) >= 11 is 0. The van der Waals surface area contributed by atoms with Gasteiger partial charge in [-0.25, -0.2) is 0 Å². The molecule has 0 fully saturated rings. The van der Waals surface area contributed by atoms with Crippen LogP contribution in [0.25, 0.3) is 0 Å². The van der Waals surface area contributed by atoms with E-state index in [9.17, 15) is 18.0 Å². The summed E-state index contributed by atoms with van der Waals surface area (Å²) in [7, 11) is 0. The van der Waals surface area contributed by atoms with Gasteiger partial charge in [0.15, 0.2) is 0 Å².